The number of aliphatic carboxylic acids is 1. The molecule has 0 fully saturated rings. The summed E-state index contributed by atoms with van der Waals surface area (Å²) in [5, 5.41) is 23.1. The number of hydrogen-bond acceptors (Lipinski definition) is 6. The Morgan fingerprint density at radius 3 is 1.87 bits per heavy atom. The van der Waals surface area contributed by atoms with Crippen LogP contribution in [0.3, 0.4) is 0 Å². The highest BCUT2D eigenvalue weighted by Crippen LogP contribution is 2.16. The first-order valence-corrected chi connectivity index (χ1v) is 11.9. The summed E-state index contributed by atoms with van der Waals surface area (Å²) in [6.45, 7) is 1.45. The van der Waals surface area contributed by atoms with Crippen LogP contribution in [-0.2, 0) is 20.8 Å². The number of hydrogen-bond donors (Lipinski definition) is 2. The molecule has 0 aromatic carbocycles. The zero-order valence-electron chi connectivity index (χ0n) is 19.1. The van der Waals surface area contributed by atoms with Crippen LogP contribution < -0.4 is 0 Å². The summed E-state index contributed by atoms with van der Waals surface area (Å²) in [4.78, 5) is 34.2. The van der Waals surface area contributed by atoms with Crippen LogP contribution in [0.5, 0.6) is 0 Å². The second-order valence-corrected chi connectivity index (χ2v) is 8.59. The Balaban J connectivity index is 1.86. The maximum absolute atomic E-state index is 12.0. The van der Waals surface area contributed by atoms with Crippen molar-refractivity contribution in [2.24, 2.45) is 5.92 Å². The quantitative estimate of drug-likeness (QED) is 0.264. The number of aromatic nitrogens is 4. The summed E-state index contributed by atoms with van der Waals surface area (Å²) in [6, 6.07) is 0. The number of carbonyl (C=O) groups excluding carboxylic acids is 2. The molecule has 0 radical (unpaired) electrons. The summed E-state index contributed by atoms with van der Waals surface area (Å²) in [6.07, 6.45) is 16.1. The molecule has 0 spiro atoms. The molecule has 0 aliphatic carbocycles. The van der Waals surface area contributed by atoms with E-state index >= 15 is 0 Å². The first kappa shape index (κ1) is 26.9. The molecule has 1 aromatic heterocycles. The fraction of sp³-hybridized carbons (Fsp3) is 0.826. The standard InChI is InChI=1S/C23H40N4O4/c1-19(28)16-17-20(23(30)31)18-21(29)14-12-10-8-6-4-2-3-5-7-9-11-13-15-22-24-26-27-25-22/h20H,2-18H2,1H3,(H,30,31)(H,24,25,26,27)/t20-/m1/s1. The van der Waals surface area contributed by atoms with Gasteiger partial charge in [0.2, 0.25) is 0 Å². The van der Waals surface area contributed by atoms with Crippen molar-refractivity contribution in [1.82, 2.24) is 20.6 Å². The highest BCUT2D eigenvalue weighted by Gasteiger charge is 2.21. The third kappa shape index (κ3) is 15.3. The largest absolute Gasteiger partial charge is 0.481 e. The van der Waals surface area contributed by atoms with Crippen LogP contribution in [0, 0.1) is 5.92 Å². The number of rotatable bonds is 21. The van der Waals surface area contributed by atoms with Gasteiger partial charge in [-0.15, -0.1) is 10.2 Å². The van der Waals surface area contributed by atoms with Gasteiger partial charge in [-0.3, -0.25) is 9.59 Å². The third-order valence-electron chi connectivity index (χ3n) is 5.66. The number of carboxylic acid groups (broad SMARTS) is 1. The van der Waals surface area contributed by atoms with Gasteiger partial charge in [0.05, 0.1) is 5.92 Å². The average Bonchev–Trinajstić information content (AvgIpc) is 3.24. The van der Waals surface area contributed by atoms with Gasteiger partial charge in [0.15, 0.2) is 5.82 Å². The van der Waals surface area contributed by atoms with Gasteiger partial charge in [-0.1, -0.05) is 69.4 Å². The molecule has 1 atom stereocenters. The Hall–Kier alpha value is -2.12. The molecule has 2 N–H and O–H groups in total. The molecule has 176 valence electrons. The van der Waals surface area contributed by atoms with Crippen LogP contribution in [0.15, 0.2) is 0 Å². The van der Waals surface area contributed by atoms with Crippen molar-refractivity contribution in [3.8, 4) is 0 Å². The van der Waals surface area contributed by atoms with E-state index in [0.29, 0.717) is 6.42 Å². The molecule has 8 nitrogen and oxygen atoms in total. The SMILES string of the molecule is CC(=O)CC[C@H](CC(=O)CCCCCCCCCCCCCCc1nn[nH]n1)C(=O)O. The maximum atomic E-state index is 12.0. The zero-order chi connectivity index (χ0) is 22.7. The number of aromatic amines is 1. The number of unbranched alkanes of at least 4 members (excludes halogenated alkanes) is 11. The van der Waals surface area contributed by atoms with Crippen LogP contribution in [0.2, 0.25) is 0 Å². The lowest BCUT2D eigenvalue weighted by Gasteiger charge is -2.10. The first-order valence-electron chi connectivity index (χ1n) is 11.9. The Kier molecular flexibility index (Phi) is 15.2. The van der Waals surface area contributed by atoms with E-state index < -0.39 is 11.9 Å². The predicted octanol–water partition coefficient (Wildman–Crippen LogP) is 4.84. The topological polar surface area (TPSA) is 126 Å². The fourth-order valence-corrected chi connectivity index (χ4v) is 3.73. The van der Waals surface area contributed by atoms with Crippen molar-refractivity contribution >= 4 is 17.5 Å². The van der Waals surface area contributed by atoms with Gasteiger partial charge in [0.25, 0.3) is 0 Å². The molecule has 0 amide bonds. The number of nitrogens with zero attached hydrogens (tertiary/aromatic N) is 3. The van der Waals surface area contributed by atoms with Crippen LogP contribution in [0.4, 0.5) is 0 Å². The second kappa shape index (κ2) is 17.5. The molecule has 31 heavy (non-hydrogen) atoms. The number of Topliss-reactive ketones (excluding diaryl/α,β-unsaturated/α-hetero) is 2. The summed E-state index contributed by atoms with van der Waals surface area (Å²) < 4.78 is 0. The minimum absolute atomic E-state index is 0.00763. The lowest BCUT2D eigenvalue weighted by molar-refractivity contribution is -0.144. The maximum Gasteiger partial charge on any atom is 0.306 e. The smallest absolute Gasteiger partial charge is 0.306 e. The Bertz CT molecular complexity index is 619. The van der Waals surface area contributed by atoms with E-state index in [1.807, 2.05) is 0 Å². The summed E-state index contributed by atoms with van der Waals surface area (Å²) >= 11 is 0. The minimum Gasteiger partial charge on any atom is -0.481 e. The molecule has 0 bridgehead atoms. The summed E-state index contributed by atoms with van der Waals surface area (Å²) in [5.74, 6) is -0.914. The van der Waals surface area contributed by atoms with Gasteiger partial charge in [-0.2, -0.15) is 5.21 Å². The molecule has 1 aromatic rings. The number of nitrogens with one attached hydrogen (secondary N) is 1. The molecular weight excluding hydrogens is 396 g/mol. The van der Waals surface area contributed by atoms with Gasteiger partial charge in [0, 0.05) is 25.7 Å². The van der Waals surface area contributed by atoms with Crippen molar-refractivity contribution in [1.29, 1.82) is 0 Å². The number of carboxylic acids is 1. The van der Waals surface area contributed by atoms with Crippen molar-refractivity contribution < 1.29 is 19.5 Å². The number of tetrazole rings is 1. The molecule has 0 aliphatic heterocycles. The van der Waals surface area contributed by atoms with E-state index in [4.69, 9.17) is 0 Å². The van der Waals surface area contributed by atoms with Crippen molar-refractivity contribution in [3.63, 3.8) is 0 Å². The molecule has 0 saturated carbocycles. The molecular formula is C23H40N4O4. The fourth-order valence-electron chi connectivity index (χ4n) is 3.73. The molecule has 1 heterocycles. The summed E-state index contributed by atoms with van der Waals surface area (Å²) in [5.41, 5.74) is 0. The molecule has 0 aliphatic rings. The van der Waals surface area contributed by atoms with E-state index in [-0.39, 0.29) is 30.8 Å². The second-order valence-electron chi connectivity index (χ2n) is 8.59. The number of aryl methyl sites for hydroxylation is 1. The third-order valence-corrected chi connectivity index (χ3v) is 5.66. The van der Waals surface area contributed by atoms with Gasteiger partial charge < -0.3 is 9.90 Å². The molecule has 1 rings (SSSR count). The molecule has 0 saturated heterocycles. The number of H-pyrrole nitrogens is 1. The van der Waals surface area contributed by atoms with E-state index in [0.717, 1.165) is 37.9 Å². The Morgan fingerprint density at radius 2 is 1.39 bits per heavy atom. The van der Waals surface area contributed by atoms with E-state index in [1.54, 1.807) is 0 Å². The Labute approximate surface area is 186 Å². The number of ketones is 2. The van der Waals surface area contributed by atoms with Gasteiger partial charge in [0.1, 0.15) is 11.6 Å². The highest BCUT2D eigenvalue weighted by molar-refractivity contribution is 5.84. The minimum atomic E-state index is -0.974. The molecule has 8 heteroatoms. The monoisotopic (exact) mass is 436 g/mol. The van der Waals surface area contributed by atoms with Crippen LogP contribution in [-0.4, -0.2) is 43.3 Å². The van der Waals surface area contributed by atoms with Gasteiger partial charge in [-0.25, -0.2) is 0 Å². The van der Waals surface area contributed by atoms with Crippen LogP contribution in [0.25, 0.3) is 0 Å². The van der Waals surface area contributed by atoms with E-state index in [2.05, 4.69) is 20.6 Å². The van der Waals surface area contributed by atoms with Crippen molar-refractivity contribution in [2.75, 3.05) is 0 Å². The van der Waals surface area contributed by atoms with Gasteiger partial charge in [-0.05, 0) is 26.2 Å². The number of carbonyl (C=O) groups is 3. The first-order chi connectivity index (χ1) is 15.0. The normalized spacial score (nSPS) is 12.0. The van der Waals surface area contributed by atoms with Crippen molar-refractivity contribution in [2.45, 2.75) is 116 Å². The summed E-state index contributed by atoms with van der Waals surface area (Å²) in [7, 11) is 0. The molecule has 0 unspecified atom stereocenters. The van der Waals surface area contributed by atoms with Crippen molar-refractivity contribution in [3.05, 3.63) is 5.82 Å². The van der Waals surface area contributed by atoms with E-state index in [1.165, 1.54) is 58.3 Å². The predicted molar refractivity (Wildman–Crippen MR) is 119 cm³/mol. The Morgan fingerprint density at radius 1 is 0.839 bits per heavy atom. The van der Waals surface area contributed by atoms with Crippen LogP contribution >= 0.6 is 0 Å². The lowest BCUT2D eigenvalue weighted by atomic mass is 9.94. The lowest BCUT2D eigenvalue weighted by Crippen LogP contribution is -2.18. The van der Waals surface area contributed by atoms with Gasteiger partial charge >= 0.3 is 5.97 Å². The van der Waals surface area contributed by atoms with Crippen LogP contribution in [0.1, 0.15) is 115 Å². The van der Waals surface area contributed by atoms with E-state index in [9.17, 15) is 19.5 Å². The highest BCUT2D eigenvalue weighted by atomic mass is 16.4. The average molecular weight is 437 g/mol. The zero-order valence-corrected chi connectivity index (χ0v) is 19.1.